The van der Waals surface area contributed by atoms with Crippen LogP contribution in [0.15, 0.2) is 36.5 Å². The Balaban J connectivity index is 2.05. The molecule has 0 aliphatic carbocycles. The van der Waals surface area contributed by atoms with Crippen molar-refractivity contribution in [3.8, 4) is 0 Å². The summed E-state index contributed by atoms with van der Waals surface area (Å²) in [5.74, 6) is 0.0190. The molecular weight excluding hydrogens is 244 g/mol. The summed E-state index contributed by atoms with van der Waals surface area (Å²) in [5.41, 5.74) is 7.43. The fourth-order valence-electron chi connectivity index (χ4n) is 1.54. The summed E-state index contributed by atoms with van der Waals surface area (Å²) < 4.78 is 4.56. The molecular formula is C13H14N4O2. The molecule has 2 rings (SSSR count). The van der Waals surface area contributed by atoms with E-state index >= 15 is 0 Å². The van der Waals surface area contributed by atoms with Gasteiger partial charge in [0.25, 0.3) is 0 Å². The van der Waals surface area contributed by atoms with Crippen LogP contribution < -0.4 is 11.1 Å². The number of ether oxygens (including phenoxy) is 1. The number of aromatic nitrogens is 2. The number of nitrogens with zero attached hydrogens (tertiary/aromatic N) is 2. The quantitative estimate of drug-likeness (QED) is 0.637. The summed E-state index contributed by atoms with van der Waals surface area (Å²) in [6.07, 6.45) is 1.50. The third-order valence-corrected chi connectivity index (χ3v) is 2.45. The highest BCUT2D eigenvalue weighted by Crippen LogP contribution is 2.09. The molecule has 0 spiro atoms. The Morgan fingerprint density at radius 3 is 3.00 bits per heavy atom. The van der Waals surface area contributed by atoms with Gasteiger partial charge in [0.1, 0.15) is 5.82 Å². The van der Waals surface area contributed by atoms with Gasteiger partial charge in [0.15, 0.2) is 0 Å². The van der Waals surface area contributed by atoms with Crippen LogP contribution in [0.25, 0.3) is 0 Å². The van der Waals surface area contributed by atoms with E-state index in [0.717, 1.165) is 5.56 Å². The lowest BCUT2D eigenvalue weighted by molar-refractivity contribution is 0.0587. The number of carbonyl (C=O) groups excluding carboxylic acids is 1. The lowest BCUT2D eigenvalue weighted by Gasteiger charge is -2.07. The van der Waals surface area contributed by atoms with Crippen LogP contribution in [0.1, 0.15) is 16.2 Å². The number of methoxy groups -OCH3 is 1. The third-order valence-electron chi connectivity index (χ3n) is 2.45. The van der Waals surface area contributed by atoms with E-state index in [1.54, 1.807) is 6.07 Å². The molecule has 98 valence electrons. The minimum absolute atomic E-state index is 0.0278. The molecule has 1 aromatic carbocycles. The van der Waals surface area contributed by atoms with Crippen molar-refractivity contribution >= 4 is 17.5 Å². The van der Waals surface area contributed by atoms with E-state index in [4.69, 9.17) is 5.73 Å². The topological polar surface area (TPSA) is 90.1 Å². The van der Waals surface area contributed by atoms with Crippen LogP contribution in [0.5, 0.6) is 0 Å². The highest BCUT2D eigenvalue weighted by atomic mass is 16.5. The molecule has 0 atom stereocenters. The average molecular weight is 258 g/mol. The molecule has 2 aromatic rings. The molecule has 6 heteroatoms. The van der Waals surface area contributed by atoms with Crippen LogP contribution in [-0.4, -0.2) is 23.0 Å². The number of hydrogen-bond donors (Lipinski definition) is 2. The molecule has 1 heterocycles. The van der Waals surface area contributed by atoms with Crippen molar-refractivity contribution in [2.45, 2.75) is 6.54 Å². The maximum atomic E-state index is 11.3. The van der Waals surface area contributed by atoms with Gasteiger partial charge in [0.2, 0.25) is 5.82 Å². The van der Waals surface area contributed by atoms with Gasteiger partial charge in [0.05, 0.1) is 7.11 Å². The summed E-state index contributed by atoms with van der Waals surface area (Å²) in [6.45, 7) is 0.558. The van der Waals surface area contributed by atoms with Gasteiger partial charge in [-0.25, -0.2) is 14.8 Å². The second-order valence-corrected chi connectivity index (χ2v) is 3.86. The van der Waals surface area contributed by atoms with Crippen LogP contribution in [0.2, 0.25) is 0 Å². The van der Waals surface area contributed by atoms with Gasteiger partial charge in [0, 0.05) is 18.4 Å². The number of anilines is 2. The molecule has 6 nitrogen and oxygen atoms in total. The van der Waals surface area contributed by atoms with Crippen LogP contribution in [0.3, 0.4) is 0 Å². The summed E-state index contributed by atoms with van der Waals surface area (Å²) in [7, 11) is 1.29. The van der Waals surface area contributed by atoms with Crippen molar-refractivity contribution in [1.29, 1.82) is 0 Å². The average Bonchev–Trinajstić information content (AvgIpc) is 2.45. The first kappa shape index (κ1) is 12.8. The lowest BCUT2D eigenvalue weighted by atomic mass is 10.2. The molecule has 0 saturated carbocycles. The Labute approximate surface area is 110 Å². The molecule has 3 N–H and O–H groups in total. The highest BCUT2D eigenvalue weighted by molar-refractivity contribution is 5.85. The predicted molar refractivity (Wildman–Crippen MR) is 71.6 cm³/mol. The third kappa shape index (κ3) is 3.41. The van der Waals surface area contributed by atoms with Crippen LogP contribution >= 0.6 is 0 Å². The number of hydrogen-bond acceptors (Lipinski definition) is 6. The molecule has 0 bridgehead atoms. The molecule has 0 unspecified atom stereocenters. The zero-order valence-electron chi connectivity index (χ0n) is 10.5. The number of nitrogens with one attached hydrogen (secondary N) is 1. The van der Waals surface area contributed by atoms with Gasteiger partial charge in [-0.3, -0.25) is 0 Å². The number of rotatable bonds is 4. The number of nitrogens with two attached hydrogens (primary N) is 1. The molecule has 0 radical (unpaired) electrons. The molecule has 0 fully saturated rings. The Hall–Kier alpha value is -2.63. The second-order valence-electron chi connectivity index (χ2n) is 3.86. The Bertz CT molecular complexity index is 586. The van der Waals surface area contributed by atoms with Crippen molar-refractivity contribution in [3.05, 3.63) is 47.9 Å². The van der Waals surface area contributed by atoms with Crippen molar-refractivity contribution < 1.29 is 9.53 Å². The molecule has 0 aliphatic heterocycles. The standard InChI is InChI=1S/C13H14N4O2/c1-19-13(18)12-15-6-5-11(17-12)16-8-9-3-2-4-10(14)7-9/h2-7H,8,14H2,1H3,(H,15,16,17). The zero-order chi connectivity index (χ0) is 13.7. The molecule has 1 aromatic heterocycles. The summed E-state index contributed by atoms with van der Waals surface area (Å²) in [4.78, 5) is 19.2. The lowest BCUT2D eigenvalue weighted by Crippen LogP contribution is -2.10. The Morgan fingerprint density at radius 2 is 2.26 bits per heavy atom. The van der Waals surface area contributed by atoms with Crippen molar-refractivity contribution in [2.75, 3.05) is 18.2 Å². The summed E-state index contributed by atoms with van der Waals surface area (Å²) in [5, 5.41) is 3.09. The maximum Gasteiger partial charge on any atom is 0.376 e. The fraction of sp³-hybridized carbons (Fsp3) is 0.154. The first-order valence-corrected chi connectivity index (χ1v) is 5.68. The fourth-order valence-corrected chi connectivity index (χ4v) is 1.54. The van der Waals surface area contributed by atoms with Crippen LogP contribution in [-0.2, 0) is 11.3 Å². The zero-order valence-corrected chi connectivity index (χ0v) is 10.5. The molecule has 19 heavy (non-hydrogen) atoms. The van der Waals surface area contributed by atoms with E-state index in [0.29, 0.717) is 18.1 Å². The van der Waals surface area contributed by atoms with Gasteiger partial charge in [-0.15, -0.1) is 0 Å². The van der Waals surface area contributed by atoms with E-state index < -0.39 is 5.97 Å². The van der Waals surface area contributed by atoms with Gasteiger partial charge < -0.3 is 15.8 Å². The summed E-state index contributed by atoms with van der Waals surface area (Å²) in [6, 6.07) is 9.20. The van der Waals surface area contributed by atoms with Gasteiger partial charge >= 0.3 is 5.97 Å². The molecule has 0 amide bonds. The van der Waals surface area contributed by atoms with E-state index in [1.807, 2.05) is 24.3 Å². The van der Waals surface area contributed by atoms with Crippen molar-refractivity contribution in [1.82, 2.24) is 9.97 Å². The first-order valence-electron chi connectivity index (χ1n) is 5.68. The largest absolute Gasteiger partial charge is 0.463 e. The smallest absolute Gasteiger partial charge is 0.376 e. The van der Waals surface area contributed by atoms with E-state index in [-0.39, 0.29) is 5.82 Å². The van der Waals surface area contributed by atoms with Crippen LogP contribution in [0, 0.1) is 0 Å². The van der Waals surface area contributed by atoms with Crippen molar-refractivity contribution in [2.24, 2.45) is 0 Å². The van der Waals surface area contributed by atoms with E-state index in [1.165, 1.54) is 13.3 Å². The Kier molecular flexibility index (Phi) is 3.92. The van der Waals surface area contributed by atoms with Crippen molar-refractivity contribution in [3.63, 3.8) is 0 Å². The van der Waals surface area contributed by atoms with Crippen LogP contribution in [0.4, 0.5) is 11.5 Å². The SMILES string of the molecule is COC(=O)c1nccc(NCc2cccc(N)c2)n1. The molecule has 0 saturated heterocycles. The number of nitrogen functional groups attached to an aromatic ring is 1. The van der Waals surface area contributed by atoms with E-state index in [9.17, 15) is 4.79 Å². The predicted octanol–water partition coefficient (Wildman–Crippen LogP) is 1.46. The number of benzene rings is 1. The van der Waals surface area contributed by atoms with E-state index in [2.05, 4.69) is 20.0 Å². The monoisotopic (exact) mass is 258 g/mol. The minimum atomic E-state index is -0.562. The maximum absolute atomic E-state index is 11.3. The number of carbonyl (C=O) groups is 1. The molecule has 0 aliphatic rings. The Morgan fingerprint density at radius 1 is 1.42 bits per heavy atom. The summed E-state index contributed by atoms with van der Waals surface area (Å²) >= 11 is 0. The second kappa shape index (κ2) is 5.81. The normalized spacial score (nSPS) is 9.95. The number of esters is 1. The highest BCUT2D eigenvalue weighted by Gasteiger charge is 2.09. The minimum Gasteiger partial charge on any atom is -0.463 e. The first-order chi connectivity index (χ1) is 9.19. The van der Waals surface area contributed by atoms with Gasteiger partial charge in [-0.2, -0.15) is 0 Å². The van der Waals surface area contributed by atoms with Gasteiger partial charge in [-0.1, -0.05) is 12.1 Å². The van der Waals surface area contributed by atoms with Gasteiger partial charge in [-0.05, 0) is 23.8 Å².